The number of ether oxygens (including phenoxy) is 1. The molecule has 180 valence electrons. The van der Waals surface area contributed by atoms with Gasteiger partial charge in [-0.3, -0.25) is 0 Å². The zero-order valence-electron chi connectivity index (χ0n) is 20.1. The van der Waals surface area contributed by atoms with Crippen molar-refractivity contribution in [3.05, 3.63) is 67.9 Å². The molecular formula is C24H35NO5SY2-2. The molecular weight excluding hydrogens is 592 g/mol. The number of hydrogen-bond acceptors (Lipinski definition) is 7. The molecule has 0 saturated heterocycles. The van der Waals surface area contributed by atoms with Crippen molar-refractivity contribution in [2.75, 3.05) is 7.11 Å². The van der Waals surface area contributed by atoms with Crippen LogP contribution in [0.4, 0.5) is 0 Å². The van der Waals surface area contributed by atoms with Crippen LogP contribution in [0.1, 0.15) is 67.8 Å². The van der Waals surface area contributed by atoms with Gasteiger partial charge in [-0.2, -0.15) is 12.8 Å². The third-order valence-corrected chi connectivity index (χ3v) is 4.96. The Morgan fingerprint density at radius 2 is 1.67 bits per heavy atom. The van der Waals surface area contributed by atoms with Crippen LogP contribution in [-0.2, 0) is 74.7 Å². The molecule has 0 aromatic heterocycles. The normalized spacial score (nSPS) is 11.8. The van der Waals surface area contributed by atoms with E-state index in [1.807, 2.05) is 36.4 Å². The van der Waals surface area contributed by atoms with Crippen LogP contribution >= 0.6 is 12.0 Å². The number of rotatable bonds is 7. The summed E-state index contributed by atoms with van der Waals surface area (Å²) < 4.78 is 11.0. The summed E-state index contributed by atoms with van der Waals surface area (Å²) in [6, 6.07) is 13.1. The number of nitrogens with two attached hydrogens (primary N) is 1. The van der Waals surface area contributed by atoms with E-state index in [0.717, 1.165) is 37.6 Å². The maximum atomic E-state index is 11.9. The summed E-state index contributed by atoms with van der Waals surface area (Å²) >= 11 is 0.919. The van der Waals surface area contributed by atoms with Gasteiger partial charge in [0.05, 0.1) is 16.9 Å². The van der Waals surface area contributed by atoms with Gasteiger partial charge in [0.15, 0.2) is 0 Å². The number of carbonyl (C=O) groups is 1. The SMILES string of the molecule is CCC.CO.[CH2-]C(=O)c1cc(SOON)c(Oc2ccccc2)c(C2CCCC2)c1.[CH3-].[Y].[Y]. The molecule has 2 radical (unpaired) electrons. The molecule has 33 heavy (non-hydrogen) atoms. The summed E-state index contributed by atoms with van der Waals surface area (Å²) in [5, 5.41) is 7.00. The average molecular weight is 627 g/mol. The van der Waals surface area contributed by atoms with Gasteiger partial charge in [-0.1, -0.05) is 51.3 Å². The van der Waals surface area contributed by atoms with Crippen LogP contribution in [0.2, 0.25) is 0 Å². The quantitative estimate of drug-likeness (QED) is 0.120. The van der Waals surface area contributed by atoms with Crippen LogP contribution in [-0.4, -0.2) is 18.0 Å². The van der Waals surface area contributed by atoms with Gasteiger partial charge in [-0.05, 0) is 36.5 Å². The minimum Gasteiger partial charge on any atom is -0.456 e. The van der Waals surface area contributed by atoms with Gasteiger partial charge >= 0.3 is 0 Å². The second-order valence-electron chi connectivity index (χ2n) is 6.67. The number of aliphatic hydroxyl groups is 1. The molecule has 0 unspecified atom stereocenters. The molecule has 9 heteroatoms. The molecule has 1 aliphatic rings. The smallest absolute Gasteiger partial charge is 0.143 e. The number of aliphatic hydroxyl groups excluding tert-OH is 1. The van der Waals surface area contributed by atoms with E-state index in [2.05, 4.69) is 25.8 Å². The molecule has 6 nitrogen and oxygen atoms in total. The predicted octanol–water partition coefficient (Wildman–Crippen LogP) is 6.45. The largest absolute Gasteiger partial charge is 0.456 e. The van der Waals surface area contributed by atoms with Gasteiger partial charge in [0.25, 0.3) is 0 Å². The summed E-state index contributed by atoms with van der Waals surface area (Å²) in [7, 11) is 1.00. The number of para-hydroxylation sites is 1. The third-order valence-electron chi connectivity index (χ3n) is 4.33. The Morgan fingerprint density at radius 3 is 2.15 bits per heavy atom. The standard InChI is InChI=1S/C19H20NO4S.C3H8.CH4O.CH3.2Y/c1-13(21)15-11-17(14-7-5-6-8-14)19(18(12-15)25-24-23-20)22-16-9-3-2-4-10-16;1-3-2;1-2;;;/h2-4,9-12,14H,1,5-8,20H2;3H2,1-2H3;2H,1H3;1H3;;/q-1;;;-1;;. The molecule has 1 fully saturated rings. The number of hydrogen-bond donors (Lipinski definition) is 2. The van der Waals surface area contributed by atoms with Crippen molar-refractivity contribution in [1.82, 2.24) is 0 Å². The van der Waals surface area contributed by atoms with E-state index in [9.17, 15) is 4.79 Å². The second-order valence-corrected chi connectivity index (χ2v) is 7.41. The molecule has 0 atom stereocenters. The van der Waals surface area contributed by atoms with Crippen molar-refractivity contribution >= 4 is 17.8 Å². The number of Topliss-reactive ketones (excluding diaryl/α,β-unsaturated/α-hetero) is 1. The molecule has 0 bridgehead atoms. The third kappa shape index (κ3) is 13.2. The summed E-state index contributed by atoms with van der Waals surface area (Å²) in [6.07, 6.45) is 5.72. The first kappa shape index (κ1) is 37.7. The monoisotopic (exact) mass is 627 g/mol. The predicted molar refractivity (Wildman–Crippen MR) is 127 cm³/mol. The van der Waals surface area contributed by atoms with Gasteiger partial charge in [-0.25, -0.2) is 0 Å². The van der Waals surface area contributed by atoms with Crippen LogP contribution in [0.3, 0.4) is 0 Å². The second kappa shape index (κ2) is 22.6. The Hall–Kier alpha value is 0.178. The Morgan fingerprint density at radius 1 is 1.12 bits per heavy atom. The maximum Gasteiger partial charge on any atom is 0.143 e. The summed E-state index contributed by atoms with van der Waals surface area (Å²) in [5.74, 6) is 6.45. The Bertz CT molecular complexity index is 760. The van der Waals surface area contributed by atoms with E-state index in [4.69, 9.17) is 20.1 Å². The molecule has 0 spiro atoms. The first-order valence-electron chi connectivity index (χ1n) is 10.0. The van der Waals surface area contributed by atoms with E-state index in [1.54, 1.807) is 6.07 Å². The van der Waals surface area contributed by atoms with Crippen molar-refractivity contribution in [2.24, 2.45) is 5.90 Å². The molecule has 1 aliphatic carbocycles. The molecule has 0 amide bonds. The Balaban J connectivity index is -0.00000104. The average Bonchev–Trinajstić information content (AvgIpc) is 3.30. The van der Waals surface area contributed by atoms with Gasteiger partial charge in [-0.15, -0.1) is 27.0 Å². The van der Waals surface area contributed by atoms with Crippen LogP contribution in [0, 0.1) is 14.4 Å². The van der Waals surface area contributed by atoms with Gasteiger partial charge in [0.2, 0.25) is 0 Å². The first-order chi connectivity index (χ1) is 14.6. The minimum atomic E-state index is -0.249. The van der Waals surface area contributed by atoms with E-state index >= 15 is 0 Å². The fraction of sp³-hybridized carbons (Fsp3) is 0.375. The number of ketones is 1. The van der Waals surface area contributed by atoms with Gasteiger partial charge in [0.1, 0.15) is 11.5 Å². The van der Waals surface area contributed by atoms with Crippen LogP contribution in [0.25, 0.3) is 0 Å². The number of benzene rings is 2. The van der Waals surface area contributed by atoms with E-state index < -0.39 is 0 Å². The molecule has 2 aromatic carbocycles. The first-order valence-corrected chi connectivity index (χ1v) is 10.8. The zero-order chi connectivity index (χ0) is 22.4. The fourth-order valence-electron chi connectivity index (χ4n) is 3.16. The summed E-state index contributed by atoms with van der Waals surface area (Å²) in [4.78, 5) is 16.7. The van der Waals surface area contributed by atoms with Crippen molar-refractivity contribution in [1.29, 1.82) is 0 Å². The maximum absolute atomic E-state index is 11.9. The topological polar surface area (TPSA) is 91.0 Å². The van der Waals surface area contributed by atoms with E-state index in [1.165, 1.54) is 19.3 Å². The van der Waals surface area contributed by atoms with E-state index in [0.29, 0.717) is 27.9 Å². The molecule has 1 saturated carbocycles. The summed E-state index contributed by atoms with van der Waals surface area (Å²) in [6.45, 7) is 7.78. The minimum absolute atomic E-state index is 0. The molecule has 3 rings (SSSR count). The number of carbonyl (C=O) groups excluding carboxylic acids is 1. The molecule has 0 aliphatic heterocycles. The van der Waals surface area contributed by atoms with Crippen molar-refractivity contribution in [3.8, 4) is 11.5 Å². The van der Waals surface area contributed by atoms with E-state index in [-0.39, 0.29) is 78.6 Å². The molecule has 3 N–H and O–H groups in total. The van der Waals surface area contributed by atoms with Crippen molar-refractivity contribution in [3.63, 3.8) is 0 Å². The summed E-state index contributed by atoms with van der Waals surface area (Å²) in [5.41, 5.74) is 1.52. The van der Waals surface area contributed by atoms with Gasteiger partial charge < -0.3 is 22.1 Å². The Labute approximate surface area is 253 Å². The van der Waals surface area contributed by atoms with Crippen LogP contribution < -0.4 is 10.6 Å². The van der Waals surface area contributed by atoms with Crippen LogP contribution in [0.15, 0.2) is 47.4 Å². The molecule has 2 aromatic rings. The Kier molecular flexibility index (Phi) is 25.9. The fourth-order valence-corrected chi connectivity index (χ4v) is 3.68. The van der Waals surface area contributed by atoms with Crippen molar-refractivity contribution < 1.29 is 89.4 Å². The molecule has 0 heterocycles. The van der Waals surface area contributed by atoms with Crippen molar-refractivity contribution in [2.45, 2.75) is 56.8 Å². The zero-order valence-corrected chi connectivity index (χ0v) is 26.6. The van der Waals surface area contributed by atoms with Gasteiger partial charge in [0, 0.05) is 78.3 Å². The van der Waals surface area contributed by atoms with Crippen LogP contribution in [0.5, 0.6) is 11.5 Å².